The highest BCUT2D eigenvalue weighted by atomic mass is 14.9. The first-order valence-corrected chi connectivity index (χ1v) is 16.8. The Kier molecular flexibility index (Phi) is 6.46. The van der Waals surface area contributed by atoms with Crippen LogP contribution in [0, 0.1) is 0 Å². The molecule has 0 radical (unpaired) electrons. The summed E-state index contributed by atoms with van der Waals surface area (Å²) in [6, 6.07) is 55.1. The van der Waals surface area contributed by atoms with Crippen LogP contribution in [0.5, 0.6) is 0 Å². The molecule has 0 bridgehead atoms. The minimum Gasteiger partial charge on any atom is -0.236 e. The van der Waals surface area contributed by atoms with Crippen LogP contribution < -0.4 is 0 Å². The monoisotopic (exact) mass is 636 g/mol. The van der Waals surface area contributed by atoms with Gasteiger partial charge < -0.3 is 0 Å². The molecule has 2 aromatic heterocycles. The molecule has 0 fully saturated rings. The summed E-state index contributed by atoms with van der Waals surface area (Å²) in [5.74, 6) is 1.37. The van der Waals surface area contributed by atoms with Crippen molar-refractivity contribution in [2.45, 2.75) is 0 Å². The Morgan fingerprint density at radius 1 is 0.320 bits per heavy atom. The Balaban J connectivity index is 1.23. The van der Waals surface area contributed by atoms with Crippen LogP contribution in [0.1, 0.15) is 0 Å². The summed E-state index contributed by atoms with van der Waals surface area (Å²) in [6.45, 7) is 0. The predicted molar refractivity (Wildman–Crippen MR) is 207 cm³/mol. The summed E-state index contributed by atoms with van der Waals surface area (Å²) < 4.78 is 0. The molecule has 4 nitrogen and oxygen atoms in total. The highest BCUT2D eigenvalue weighted by Crippen LogP contribution is 2.40. The van der Waals surface area contributed by atoms with Gasteiger partial charge in [-0.2, -0.15) is 0 Å². The summed E-state index contributed by atoms with van der Waals surface area (Å²) in [6.07, 6.45) is 3.96. The summed E-state index contributed by atoms with van der Waals surface area (Å²) in [4.78, 5) is 20.5. The molecule has 4 heteroatoms. The molecule has 50 heavy (non-hydrogen) atoms. The second kappa shape index (κ2) is 11.4. The van der Waals surface area contributed by atoms with Crippen molar-refractivity contribution in [3.8, 4) is 45.2 Å². The van der Waals surface area contributed by atoms with Gasteiger partial charge in [-0.05, 0) is 67.5 Å². The second-order valence-electron chi connectivity index (χ2n) is 12.7. The topological polar surface area (TPSA) is 51.6 Å². The number of rotatable bonds is 4. The smallest absolute Gasteiger partial charge is 0.159 e. The van der Waals surface area contributed by atoms with Gasteiger partial charge in [0, 0.05) is 45.4 Å². The second-order valence-corrected chi connectivity index (χ2v) is 12.7. The summed E-state index contributed by atoms with van der Waals surface area (Å²) in [5.41, 5.74) is 6.77. The molecule has 0 saturated heterocycles. The minimum absolute atomic E-state index is 0.678. The van der Waals surface area contributed by atoms with Gasteiger partial charge in [0.2, 0.25) is 0 Å². The third kappa shape index (κ3) is 4.61. The van der Waals surface area contributed by atoms with Crippen molar-refractivity contribution < 1.29 is 0 Å². The van der Waals surface area contributed by atoms with E-state index in [0.29, 0.717) is 11.6 Å². The number of hydrogen-bond acceptors (Lipinski definition) is 4. The van der Waals surface area contributed by atoms with Crippen molar-refractivity contribution in [3.05, 3.63) is 170 Å². The van der Waals surface area contributed by atoms with Crippen LogP contribution in [0.15, 0.2) is 170 Å². The Morgan fingerprint density at radius 2 is 0.880 bits per heavy atom. The first kappa shape index (κ1) is 28.3. The molecule has 8 aromatic carbocycles. The van der Waals surface area contributed by atoms with E-state index in [4.69, 9.17) is 19.9 Å². The molecular formula is C46H28N4. The number of fused-ring (bicyclic) bond motifs is 8. The fourth-order valence-corrected chi connectivity index (χ4v) is 7.32. The molecule has 2 heterocycles. The molecule has 0 aliphatic rings. The van der Waals surface area contributed by atoms with E-state index in [0.717, 1.165) is 66.0 Å². The molecule has 0 spiro atoms. The Labute approximate surface area is 288 Å². The fourth-order valence-electron chi connectivity index (χ4n) is 7.32. The molecular weight excluding hydrogens is 609 g/mol. The van der Waals surface area contributed by atoms with E-state index >= 15 is 0 Å². The van der Waals surface area contributed by atoms with Gasteiger partial charge in [-0.15, -0.1) is 0 Å². The maximum absolute atomic E-state index is 5.36. The van der Waals surface area contributed by atoms with Crippen LogP contribution >= 0.6 is 0 Å². The SMILES string of the molecule is c1ccc(-c2ncc(-c3cc(-c4ncc5c6ccccc6c6cc7ccccc7cc6c5n4)cc4ccccc34)c(-c3ccccc3)n2)cc1. The average Bonchev–Trinajstić information content (AvgIpc) is 3.20. The lowest BCUT2D eigenvalue weighted by atomic mass is 9.93. The third-order valence-electron chi connectivity index (χ3n) is 9.72. The maximum Gasteiger partial charge on any atom is 0.159 e. The normalized spacial score (nSPS) is 11.6. The molecule has 0 unspecified atom stereocenters. The predicted octanol–water partition coefficient (Wildman–Crippen LogP) is 11.7. The zero-order valence-corrected chi connectivity index (χ0v) is 27.0. The van der Waals surface area contributed by atoms with Crippen molar-refractivity contribution in [1.29, 1.82) is 0 Å². The van der Waals surface area contributed by atoms with Gasteiger partial charge in [0.1, 0.15) is 0 Å². The van der Waals surface area contributed by atoms with Crippen LogP contribution in [0.3, 0.4) is 0 Å². The van der Waals surface area contributed by atoms with Crippen molar-refractivity contribution >= 4 is 54.0 Å². The minimum atomic E-state index is 0.678. The Hall–Kier alpha value is -6.78. The number of benzene rings is 8. The van der Waals surface area contributed by atoms with Crippen LogP contribution in [0.2, 0.25) is 0 Å². The van der Waals surface area contributed by atoms with E-state index in [9.17, 15) is 0 Å². The Bertz CT molecular complexity index is 2920. The molecule has 0 aliphatic heterocycles. The number of hydrogen-bond donors (Lipinski definition) is 0. The zero-order chi connectivity index (χ0) is 33.0. The van der Waals surface area contributed by atoms with E-state index in [1.807, 2.05) is 48.8 Å². The average molecular weight is 637 g/mol. The molecule has 10 aromatic rings. The number of aromatic nitrogens is 4. The van der Waals surface area contributed by atoms with E-state index in [-0.39, 0.29) is 0 Å². The van der Waals surface area contributed by atoms with Crippen molar-refractivity contribution in [3.63, 3.8) is 0 Å². The van der Waals surface area contributed by atoms with Crippen molar-refractivity contribution in [2.24, 2.45) is 0 Å². The van der Waals surface area contributed by atoms with Crippen LogP contribution in [-0.2, 0) is 0 Å². The Morgan fingerprint density at radius 3 is 1.62 bits per heavy atom. The van der Waals surface area contributed by atoms with Crippen LogP contribution in [0.4, 0.5) is 0 Å². The van der Waals surface area contributed by atoms with Gasteiger partial charge in [0.25, 0.3) is 0 Å². The summed E-state index contributed by atoms with van der Waals surface area (Å²) in [5, 5.41) is 10.3. The largest absolute Gasteiger partial charge is 0.236 e. The lowest BCUT2D eigenvalue weighted by Gasteiger charge is -2.15. The highest BCUT2D eigenvalue weighted by Gasteiger charge is 2.18. The van der Waals surface area contributed by atoms with Gasteiger partial charge in [0.05, 0.1) is 11.2 Å². The van der Waals surface area contributed by atoms with Gasteiger partial charge in [-0.25, -0.2) is 19.9 Å². The van der Waals surface area contributed by atoms with Gasteiger partial charge in [0.15, 0.2) is 11.6 Å². The molecule has 0 aliphatic carbocycles. The zero-order valence-electron chi connectivity index (χ0n) is 27.0. The number of nitrogens with zero attached hydrogens (tertiary/aromatic N) is 4. The molecule has 0 atom stereocenters. The molecule has 0 N–H and O–H groups in total. The van der Waals surface area contributed by atoms with Crippen molar-refractivity contribution in [2.75, 3.05) is 0 Å². The van der Waals surface area contributed by atoms with Gasteiger partial charge >= 0.3 is 0 Å². The van der Waals surface area contributed by atoms with Gasteiger partial charge in [-0.3, -0.25) is 0 Å². The van der Waals surface area contributed by atoms with Gasteiger partial charge in [-0.1, -0.05) is 133 Å². The fraction of sp³-hybridized carbons (Fsp3) is 0. The van der Waals surface area contributed by atoms with Crippen LogP contribution in [0.25, 0.3) is 99.2 Å². The standard InChI is InChI=1S/C46H28N4/c1-3-13-29(14-4-1)43-42(28-47-45(49-43)30-15-5-2-6-16-30)38-26-34(23-33-19-9-10-20-35(33)38)46-48-27-41-37-22-12-11-21-36(37)39-24-31-17-7-8-18-32(31)25-40(39)44(41)50-46/h1-28H. The van der Waals surface area contributed by atoms with E-state index in [2.05, 4.69) is 121 Å². The highest BCUT2D eigenvalue weighted by molar-refractivity contribution is 6.26. The van der Waals surface area contributed by atoms with Crippen LogP contribution in [-0.4, -0.2) is 19.9 Å². The first-order valence-electron chi connectivity index (χ1n) is 16.8. The first-order chi connectivity index (χ1) is 24.8. The van der Waals surface area contributed by atoms with E-state index < -0.39 is 0 Å². The third-order valence-corrected chi connectivity index (χ3v) is 9.72. The van der Waals surface area contributed by atoms with E-state index in [1.54, 1.807) is 0 Å². The molecule has 0 saturated carbocycles. The molecule has 0 amide bonds. The molecule has 232 valence electrons. The maximum atomic E-state index is 5.36. The summed E-state index contributed by atoms with van der Waals surface area (Å²) in [7, 11) is 0. The quantitative estimate of drug-likeness (QED) is 0.142. The molecule has 10 rings (SSSR count). The van der Waals surface area contributed by atoms with E-state index in [1.165, 1.54) is 21.5 Å². The summed E-state index contributed by atoms with van der Waals surface area (Å²) >= 11 is 0. The van der Waals surface area contributed by atoms with Crippen molar-refractivity contribution in [1.82, 2.24) is 19.9 Å². The lowest BCUT2D eigenvalue weighted by molar-refractivity contribution is 1.18. The lowest BCUT2D eigenvalue weighted by Crippen LogP contribution is -1.98.